The number of likely N-dealkylation sites (tertiary alicyclic amines) is 1. The van der Waals surface area contributed by atoms with Gasteiger partial charge in [-0.25, -0.2) is 0 Å². The van der Waals surface area contributed by atoms with Gasteiger partial charge in [-0.05, 0) is 43.0 Å². The molecule has 1 aliphatic heterocycles. The molecule has 0 radical (unpaired) electrons. The standard InChI is InChI=1S/C15H22N2S/c1-12-6-8-17(9-7-12)11-14-4-2-13(3-5-14)10-15(16)18/h2-5,12H,6-11H2,1H3,(H2,16,18). The second kappa shape index (κ2) is 6.30. The van der Waals surface area contributed by atoms with E-state index in [0.29, 0.717) is 11.4 Å². The highest BCUT2D eigenvalue weighted by molar-refractivity contribution is 7.80. The minimum Gasteiger partial charge on any atom is -0.393 e. The van der Waals surface area contributed by atoms with E-state index >= 15 is 0 Å². The summed E-state index contributed by atoms with van der Waals surface area (Å²) in [5.41, 5.74) is 8.14. The number of benzene rings is 1. The van der Waals surface area contributed by atoms with E-state index in [1.54, 1.807) is 0 Å². The normalized spacial score (nSPS) is 17.8. The smallest absolute Gasteiger partial charge is 0.0771 e. The zero-order valence-corrected chi connectivity index (χ0v) is 11.9. The average molecular weight is 262 g/mol. The average Bonchev–Trinajstić information content (AvgIpc) is 2.34. The zero-order valence-electron chi connectivity index (χ0n) is 11.1. The van der Waals surface area contributed by atoms with E-state index in [0.717, 1.165) is 12.5 Å². The molecule has 18 heavy (non-hydrogen) atoms. The Kier molecular flexibility index (Phi) is 4.72. The van der Waals surface area contributed by atoms with Crippen LogP contribution in [0.2, 0.25) is 0 Å². The lowest BCUT2D eigenvalue weighted by molar-refractivity contribution is 0.185. The van der Waals surface area contributed by atoms with Crippen LogP contribution in [0.15, 0.2) is 24.3 Å². The van der Waals surface area contributed by atoms with Crippen LogP contribution in [0.1, 0.15) is 30.9 Å². The summed E-state index contributed by atoms with van der Waals surface area (Å²) in [6.45, 7) is 5.88. The summed E-state index contributed by atoms with van der Waals surface area (Å²) in [5, 5.41) is 0. The van der Waals surface area contributed by atoms with Gasteiger partial charge in [-0.15, -0.1) is 0 Å². The quantitative estimate of drug-likeness (QED) is 0.846. The van der Waals surface area contributed by atoms with Gasteiger partial charge in [0, 0.05) is 13.0 Å². The van der Waals surface area contributed by atoms with Gasteiger partial charge in [-0.2, -0.15) is 0 Å². The van der Waals surface area contributed by atoms with Crippen molar-refractivity contribution < 1.29 is 0 Å². The molecule has 0 bridgehead atoms. The number of nitrogens with zero attached hydrogens (tertiary/aromatic N) is 1. The number of hydrogen-bond acceptors (Lipinski definition) is 2. The van der Waals surface area contributed by atoms with Crippen LogP contribution in [0.4, 0.5) is 0 Å². The lowest BCUT2D eigenvalue weighted by Gasteiger charge is -2.30. The zero-order chi connectivity index (χ0) is 13.0. The third-order valence-electron chi connectivity index (χ3n) is 3.68. The molecule has 0 atom stereocenters. The molecule has 1 heterocycles. The monoisotopic (exact) mass is 262 g/mol. The van der Waals surface area contributed by atoms with Crippen molar-refractivity contribution in [3.63, 3.8) is 0 Å². The van der Waals surface area contributed by atoms with Gasteiger partial charge in [-0.3, -0.25) is 4.90 Å². The van der Waals surface area contributed by atoms with E-state index in [1.807, 2.05) is 0 Å². The molecule has 0 aliphatic carbocycles. The molecule has 0 spiro atoms. The maximum atomic E-state index is 5.55. The summed E-state index contributed by atoms with van der Waals surface area (Å²) in [6, 6.07) is 8.68. The van der Waals surface area contributed by atoms with Crippen LogP contribution >= 0.6 is 12.2 Å². The van der Waals surface area contributed by atoms with Gasteiger partial charge in [-0.1, -0.05) is 43.4 Å². The van der Waals surface area contributed by atoms with Crippen molar-refractivity contribution in [1.29, 1.82) is 0 Å². The van der Waals surface area contributed by atoms with Crippen molar-refractivity contribution in [3.8, 4) is 0 Å². The molecule has 1 saturated heterocycles. The predicted octanol–water partition coefficient (Wildman–Crippen LogP) is 2.75. The molecule has 1 aliphatic rings. The van der Waals surface area contributed by atoms with Crippen molar-refractivity contribution in [2.45, 2.75) is 32.7 Å². The molecular formula is C15H22N2S. The molecule has 1 fully saturated rings. The van der Waals surface area contributed by atoms with Gasteiger partial charge in [0.2, 0.25) is 0 Å². The number of piperidine rings is 1. The molecule has 2 nitrogen and oxygen atoms in total. The first-order chi connectivity index (χ1) is 8.63. The maximum Gasteiger partial charge on any atom is 0.0771 e. The topological polar surface area (TPSA) is 29.3 Å². The van der Waals surface area contributed by atoms with Gasteiger partial charge < -0.3 is 5.73 Å². The second-order valence-corrected chi connectivity index (χ2v) is 5.94. The van der Waals surface area contributed by atoms with Crippen LogP contribution in [0.25, 0.3) is 0 Å². The third-order valence-corrected chi connectivity index (χ3v) is 3.83. The Morgan fingerprint density at radius 1 is 1.22 bits per heavy atom. The van der Waals surface area contributed by atoms with Crippen molar-refractivity contribution in [3.05, 3.63) is 35.4 Å². The van der Waals surface area contributed by atoms with Gasteiger partial charge in [0.15, 0.2) is 0 Å². The van der Waals surface area contributed by atoms with E-state index in [2.05, 4.69) is 36.1 Å². The van der Waals surface area contributed by atoms with E-state index in [1.165, 1.54) is 37.1 Å². The van der Waals surface area contributed by atoms with Crippen molar-refractivity contribution >= 4 is 17.2 Å². The minimum absolute atomic E-state index is 0.563. The molecule has 3 heteroatoms. The van der Waals surface area contributed by atoms with Crippen LogP contribution in [0.3, 0.4) is 0 Å². The van der Waals surface area contributed by atoms with Crippen LogP contribution in [-0.2, 0) is 13.0 Å². The Morgan fingerprint density at radius 3 is 2.33 bits per heavy atom. The Hall–Kier alpha value is -0.930. The van der Waals surface area contributed by atoms with E-state index < -0.39 is 0 Å². The van der Waals surface area contributed by atoms with Gasteiger partial charge in [0.05, 0.1) is 4.99 Å². The Balaban J connectivity index is 1.88. The molecule has 0 unspecified atom stereocenters. The highest BCUT2D eigenvalue weighted by Gasteiger charge is 2.15. The van der Waals surface area contributed by atoms with Crippen molar-refractivity contribution in [2.75, 3.05) is 13.1 Å². The summed E-state index contributed by atoms with van der Waals surface area (Å²) >= 11 is 4.92. The number of nitrogens with two attached hydrogens (primary N) is 1. The molecule has 1 aromatic rings. The van der Waals surface area contributed by atoms with Crippen LogP contribution < -0.4 is 5.73 Å². The Bertz CT molecular complexity index is 391. The van der Waals surface area contributed by atoms with E-state index in [9.17, 15) is 0 Å². The molecule has 2 rings (SSSR count). The van der Waals surface area contributed by atoms with Gasteiger partial charge in [0.1, 0.15) is 0 Å². The molecule has 0 saturated carbocycles. The summed E-state index contributed by atoms with van der Waals surface area (Å²) in [7, 11) is 0. The van der Waals surface area contributed by atoms with Gasteiger partial charge >= 0.3 is 0 Å². The molecule has 1 aromatic carbocycles. The number of thiocarbonyl (C=S) groups is 1. The number of hydrogen-bond donors (Lipinski definition) is 1. The fourth-order valence-corrected chi connectivity index (χ4v) is 2.61. The highest BCUT2D eigenvalue weighted by atomic mass is 32.1. The first-order valence-corrected chi connectivity index (χ1v) is 7.13. The summed E-state index contributed by atoms with van der Waals surface area (Å²) in [6.07, 6.45) is 3.37. The Morgan fingerprint density at radius 2 is 1.78 bits per heavy atom. The fraction of sp³-hybridized carbons (Fsp3) is 0.533. The maximum absolute atomic E-state index is 5.55. The van der Waals surface area contributed by atoms with E-state index in [4.69, 9.17) is 18.0 Å². The molecule has 2 N–H and O–H groups in total. The van der Waals surface area contributed by atoms with Crippen LogP contribution in [-0.4, -0.2) is 23.0 Å². The predicted molar refractivity (Wildman–Crippen MR) is 80.6 cm³/mol. The van der Waals surface area contributed by atoms with Gasteiger partial charge in [0.25, 0.3) is 0 Å². The lowest BCUT2D eigenvalue weighted by atomic mass is 9.98. The van der Waals surface area contributed by atoms with Crippen LogP contribution in [0.5, 0.6) is 0 Å². The largest absolute Gasteiger partial charge is 0.393 e. The van der Waals surface area contributed by atoms with Crippen molar-refractivity contribution in [1.82, 2.24) is 4.90 Å². The Labute approximate surface area is 115 Å². The molecule has 0 aromatic heterocycles. The fourth-order valence-electron chi connectivity index (χ4n) is 2.44. The minimum atomic E-state index is 0.563. The van der Waals surface area contributed by atoms with E-state index in [-0.39, 0.29) is 0 Å². The molecule has 98 valence electrons. The highest BCUT2D eigenvalue weighted by Crippen LogP contribution is 2.18. The van der Waals surface area contributed by atoms with Crippen molar-refractivity contribution in [2.24, 2.45) is 11.7 Å². The first kappa shape index (κ1) is 13.5. The first-order valence-electron chi connectivity index (χ1n) is 6.72. The third kappa shape index (κ3) is 4.07. The molecular weight excluding hydrogens is 240 g/mol. The summed E-state index contributed by atoms with van der Waals surface area (Å²) < 4.78 is 0. The second-order valence-electron chi connectivity index (χ2n) is 5.42. The number of rotatable bonds is 4. The summed E-state index contributed by atoms with van der Waals surface area (Å²) in [5.74, 6) is 0.897. The molecule has 0 amide bonds. The lowest BCUT2D eigenvalue weighted by Crippen LogP contribution is -2.32. The SMILES string of the molecule is CC1CCN(Cc2ccc(CC(N)=S)cc2)CC1. The summed E-state index contributed by atoms with van der Waals surface area (Å²) in [4.78, 5) is 3.11. The van der Waals surface area contributed by atoms with Crippen LogP contribution in [0, 0.1) is 5.92 Å².